The number of thiophene rings is 1. The van der Waals surface area contributed by atoms with Crippen molar-refractivity contribution in [1.82, 2.24) is 0 Å². The molecule has 0 saturated carbocycles. The van der Waals surface area contributed by atoms with E-state index in [-0.39, 0.29) is 0 Å². The Labute approximate surface area is 137 Å². The number of hydrogen-bond acceptors (Lipinski definition) is 1. The van der Waals surface area contributed by atoms with Crippen molar-refractivity contribution < 1.29 is 0 Å². The summed E-state index contributed by atoms with van der Waals surface area (Å²) in [4.78, 5) is 1.60. The van der Waals surface area contributed by atoms with Gasteiger partial charge >= 0.3 is 0 Å². The van der Waals surface area contributed by atoms with Crippen molar-refractivity contribution >= 4 is 11.3 Å². The molecule has 1 atom stereocenters. The van der Waals surface area contributed by atoms with Gasteiger partial charge in [-0.1, -0.05) is 97.0 Å². The van der Waals surface area contributed by atoms with Gasteiger partial charge in [0.2, 0.25) is 0 Å². The minimum absolute atomic E-state index is 0.937. The minimum atomic E-state index is 0.937. The summed E-state index contributed by atoms with van der Waals surface area (Å²) in [5, 5.41) is 2.23. The average molecular weight is 309 g/mol. The molecule has 0 bridgehead atoms. The molecule has 1 heteroatoms. The minimum Gasteiger partial charge on any atom is -0.149 e. The summed E-state index contributed by atoms with van der Waals surface area (Å²) in [5.41, 5.74) is 0. The molecule has 0 aromatic carbocycles. The van der Waals surface area contributed by atoms with Crippen LogP contribution < -0.4 is 0 Å². The second-order valence-electron chi connectivity index (χ2n) is 6.56. The van der Waals surface area contributed by atoms with E-state index in [0.29, 0.717) is 0 Å². The van der Waals surface area contributed by atoms with Crippen LogP contribution in [0.4, 0.5) is 0 Å². The number of rotatable bonds is 14. The van der Waals surface area contributed by atoms with Gasteiger partial charge in [0.15, 0.2) is 0 Å². The Bertz CT molecular complexity index is 302. The van der Waals surface area contributed by atoms with Gasteiger partial charge in [0.1, 0.15) is 0 Å². The van der Waals surface area contributed by atoms with Crippen LogP contribution in [0.1, 0.15) is 95.8 Å². The molecule has 1 heterocycles. The lowest BCUT2D eigenvalue weighted by atomic mass is 9.91. The van der Waals surface area contributed by atoms with Crippen molar-refractivity contribution in [3.05, 3.63) is 22.4 Å². The fourth-order valence-corrected chi connectivity index (χ4v) is 3.96. The van der Waals surface area contributed by atoms with Gasteiger partial charge < -0.3 is 0 Å². The molecule has 1 unspecified atom stereocenters. The first-order valence-electron chi connectivity index (χ1n) is 9.39. The molecule has 0 aliphatic rings. The van der Waals surface area contributed by atoms with Gasteiger partial charge in [-0.25, -0.2) is 0 Å². The van der Waals surface area contributed by atoms with Gasteiger partial charge in [0.05, 0.1) is 0 Å². The van der Waals surface area contributed by atoms with Gasteiger partial charge in [-0.3, -0.25) is 0 Å². The first-order valence-corrected chi connectivity index (χ1v) is 10.3. The van der Waals surface area contributed by atoms with Gasteiger partial charge in [-0.2, -0.15) is 0 Å². The smallest absolute Gasteiger partial charge is 0.00479 e. The maximum Gasteiger partial charge on any atom is 0.00479 e. The van der Waals surface area contributed by atoms with E-state index in [1.54, 1.807) is 4.88 Å². The summed E-state index contributed by atoms with van der Waals surface area (Å²) < 4.78 is 0. The Morgan fingerprint density at radius 3 is 1.95 bits per heavy atom. The molecule has 0 amide bonds. The summed E-state index contributed by atoms with van der Waals surface area (Å²) in [7, 11) is 0. The van der Waals surface area contributed by atoms with Crippen molar-refractivity contribution in [2.75, 3.05) is 0 Å². The van der Waals surface area contributed by atoms with Crippen LogP contribution in [0.3, 0.4) is 0 Å². The summed E-state index contributed by atoms with van der Waals surface area (Å²) in [6.07, 6.45) is 18.5. The fraction of sp³-hybridized carbons (Fsp3) is 0.800. The lowest BCUT2D eigenvalue weighted by Gasteiger charge is -2.16. The monoisotopic (exact) mass is 308 g/mol. The van der Waals surface area contributed by atoms with Crippen LogP contribution in [0.25, 0.3) is 0 Å². The first kappa shape index (κ1) is 18.7. The van der Waals surface area contributed by atoms with Crippen molar-refractivity contribution in [3.8, 4) is 0 Å². The maximum atomic E-state index is 2.32. The van der Waals surface area contributed by atoms with Crippen LogP contribution in [0.15, 0.2) is 17.5 Å². The van der Waals surface area contributed by atoms with Crippen LogP contribution in [0.2, 0.25) is 0 Å². The Hall–Kier alpha value is -0.300. The average Bonchev–Trinajstić information content (AvgIpc) is 2.99. The normalized spacial score (nSPS) is 12.7. The van der Waals surface area contributed by atoms with Gasteiger partial charge in [0.25, 0.3) is 0 Å². The van der Waals surface area contributed by atoms with E-state index < -0.39 is 0 Å². The van der Waals surface area contributed by atoms with Crippen LogP contribution in [0.5, 0.6) is 0 Å². The molecule has 0 N–H and O–H groups in total. The van der Waals surface area contributed by atoms with E-state index in [0.717, 1.165) is 5.92 Å². The Kier molecular flexibility index (Phi) is 11.9. The van der Waals surface area contributed by atoms with Gasteiger partial charge in [-0.15, -0.1) is 11.3 Å². The molecule has 0 aliphatic carbocycles. The molecule has 1 aromatic heterocycles. The molecule has 0 radical (unpaired) electrons. The van der Waals surface area contributed by atoms with Gasteiger partial charge in [0, 0.05) is 4.88 Å². The second-order valence-corrected chi connectivity index (χ2v) is 7.59. The van der Waals surface area contributed by atoms with E-state index in [2.05, 4.69) is 31.4 Å². The number of hydrogen-bond donors (Lipinski definition) is 0. The quantitative estimate of drug-likeness (QED) is 0.310. The van der Waals surface area contributed by atoms with Crippen LogP contribution in [0, 0.1) is 5.92 Å². The first-order chi connectivity index (χ1) is 10.4. The Morgan fingerprint density at radius 2 is 1.38 bits per heavy atom. The second kappa shape index (κ2) is 13.4. The summed E-state index contributed by atoms with van der Waals surface area (Å²) in [5.74, 6) is 0.937. The molecule has 21 heavy (non-hydrogen) atoms. The van der Waals surface area contributed by atoms with Crippen molar-refractivity contribution in [2.24, 2.45) is 5.92 Å². The molecule has 0 aliphatic heterocycles. The van der Waals surface area contributed by atoms with Crippen molar-refractivity contribution in [2.45, 2.75) is 97.3 Å². The largest absolute Gasteiger partial charge is 0.149 e. The summed E-state index contributed by atoms with van der Waals surface area (Å²) in [6, 6.07) is 4.53. The van der Waals surface area contributed by atoms with Gasteiger partial charge in [-0.05, 0) is 23.8 Å². The predicted octanol–water partition coefficient (Wildman–Crippen LogP) is 7.63. The molecule has 0 nitrogen and oxygen atoms in total. The lowest BCUT2D eigenvalue weighted by molar-refractivity contribution is 0.404. The van der Waals surface area contributed by atoms with Crippen LogP contribution in [-0.2, 0) is 6.42 Å². The number of unbranched alkanes of at least 4 members (excludes halogenated alkanes) is 8. The zero-order chi connectivity index (χ0) is 15.2. The highest BCUT2D eigenvalue weighted by Crippen LogP contribution is 2.24. The Morgan fingerprint density at radius 1 is 0.810 bits per heavy atom. The van der Waals surface area contributed by atoms with E-state index in [1.807, 2.05) is 11.3 Å². The molecule has 0 spiro atoms. The summed E-state index contributed by atoms with van der Waals surface area (Å²) in [6.45, 7) is 4.60. The zero-order valence-electron chi connectivity index (χ0n) is 14.4. The van der Waals surface area contributed by atoms with E-state index in [1.165, 1.54) is 83.5 Å². The topological polar surface area (TPSA) is 0 Å². The van der Waals surface area contributed by atoms with Crippen molar-refractivity contribution in [1.29, 1.82) is 0 Å². The van der Waals surface area contributed by atoms with E-state index in [4.69, 9.17) is 0 Å². The predicted molar refractivity (Wildman–Crippen MR) is 98.3 cm³/mol. The third kappa shape index (κ3) is 10.1. The summed E-state index contributed by atoms with van der Waals surface area (Å²) >= 11 is 1.95. The Balaban J connectivity index is 2.19. The van der Waals surface area contributed by atoms with Crippen LogP contribution >= 0.6 is 11.3 Å². The molecule has 0 saturated heterocycles. The highest BCUT2D eigenvalue weighted by Gasteiger charge is 2.10. The standard InChI is InChI=1S/C20H36S/c1-3-5-7-9-10-12-15-19(14-11-8-6-4-2)18-20-16-13-17-21-20/h13,16-17,19H,3-12,14-15,18H2,1-2H3. The molecule has 0 fully saturated rings. The highest BCUT2D eigenvalue weighted by atomic mass is 32.1. The lowest BCUT2D eigenvalue weighted by Crippen LogP contribution is -2.04. The van der Waals surface area contributed by atoms with Crippen molar-refractivity contribution in [3.63, 3.8) is 0 Å². The molecule has 122 valence electrons. The SMILES string of the molecule is CCCCCCCCC(CCCCCC)Cc1cccs1. The third-order valence-electron chi connectivity index (χ3n) is 4.50. The third-order valence-corrected chi connectivity index (χ3v) is 5.40. The fourth-order valence-electron chi connectivity index (χ4n) is 3.13. The highest BCUT2D eigenvalue weighted by molar-refractivity contribution is 7.09. The molecule has 1 rings (SSSR count). The van der Waals surface area contributed by atoms with Crippen LogP contribution in [-0.4, -0.2) is 0 Å². The molecular weight excluding hydrogens is 272 g/mol. The van der Waals surface area contributed by atoms with E-state index >= 15 is 0 Å². The zero-order valence-corrected chi connectivity index (χ0v) is 15.2. The maximum absolute atomic E-state index is 2.32. The molecular formula is C20H36S. The molecule has 1 aromatic rings. The van der Waals surface area contributed by atoms with E-state index in [9.17, 15) is 0 Å².